The Hall–Kier alpha value is -0.650. The van der Waals surface area contributed by atoms with Crippen molar-refractivity contribution >= 4 is 15.9 Å². The summed E-state index contributed by atoms with van der Waals surface area (Å²) in [5, 5.41) is 3.33. The molecular weight excluding hydrogens is 311 g/mol. The second kappa shape index (κ2) is 7.22. The third-order valence-corrected chi connectivity index (χ3v) is 4.02. The van der Waals surface area contributed by atoms with Crippen LogP contribution in [0.2, 0.25) is 0 Å². The van der Waals surface area contributed by atoms with Gasteiger partial charge in [-0.1, -0.05) is 15.9 Å². The molecule has 1 N–H and O–H groups in total. The molecule has 0 radical (unpaired) electrons. The van der Waals surface area contributed by atoms with Gasteiger partial charge in [-0.3, -0.25) is 9.29 Å². The van der Waals surface area contributed by atoms with Crippen LogP contribution in [0.5, 0.6) is 5.75 Å². The lowest BCUT2D eigenvalue weighted by Gasteiger charge is -2.35. The van der Waals surface area contributed by atoms with E-state index in [1.807, 2.05) is 18.2 Å². The molecule has 1 saturated heterocycles. The maximum atomic E-state index is 12.9. The van der Waals surface area contributed by atoms with E-state index < -0.39 is 0 Å². The lowest BCUT2D eigenvalue weighted by atomic mass is 10.0. The Labute approximate surface area is 122 Å². The highest BCUT2D eigenvalue weighted by Crippen LogP contribution is 2.34. The predicted molar refractivity (Wildman–Crippen MR) is 78.5 cm³/mol. The molecule has 1 atom stereocenters. The number of nitrogens with zero attached hydrogens (tertiary/aromatic N) is 1. The van der Waals surface area contributed by atoms with E-state index in [1.54, 1.807) is 7.11 Å². The van der Waals surface area contributed by atoms with E-state index >= 15 is 0 Å². The Bertz CT molecular complexity index is 410. The largest absolute Gasteiger partial charge is 0.496 e. The maximum Gasteiger partial charge on any atom is 0.123 e. The summed E-state index contributed by atoms with van der Waals surface area (Å²) in [7, 11) is 1.66. The van der Waals surface area contributed by atoms with Gasteiger partial charge in [-0.2, -0.15) is 0 Å². The van der Waals surface area contributed by atoms with Gasteiger partial charge in [0.1, 0.15) is 5.75 Å². The number of hydrogen-bond donors (Lipinski definition) is 1. The molecule has 1 fully saturated rings. The molecule has 3 nitrogen and oxygen atoms in total. The molecule has 1 heterocycles. The predicted octanol–water partition coefficient (Wildman–Crippen LogP) is 2.76. The highest BCUT2D eigenvalue weighted by atomic mass is 79.9. The summed E-state index contributed by atoms with van der Waals surface area (Å²) >= 11 is 3.49. The van der Waals surface area contributed by atoms with Gasteiger partial charge in [-0.15, -0.1) is 0 Å². The molecule has 0 aliphatic carbocycles. The van der Waals surface area contributed by atoms with Crippen molar-refractivity contribution in [2.24, 2.45) is 0 Å². The minimum atomic E-state index is -0.315. The van der Waals surface area contributed by atoms with E-state index in [4.69, 9.17) is 4.74 Å². The second-order valence-electron chi connectivity index (χ2n) is 4.67. The van der Waals surface area contributed by atoms with Gasteiger partial charge in [0.25, 0.3) is 0 Å². The molecule has 0 spiro atoms. The highest BCUT2D eigenvalue weighted by molar-refractivity contribution is 9.10. The molecule has 106 valence electrons. The van der Waals surface area contributed by atoms with Crippen LogP contribution in [0.15, 0.2) is 22.7 Å². The van der Waals surface area contributed by atoms with Crippen LogP contribution in [0.1, 0.15) is 18.0 Å². The third-order valence-electron chi connectivity index (χ3n) is 3.53. The van der Waals surface area contributed by atoms with Crippen LogP contribution < -0.4 is 10.1 Å². The van der Waals surface area contributed by atoms with Gasteiger partial charge in [0.05, 0.1) is 13.8 Å². The number of piperazine rings is 1. The number of ether oxygens (including phenoxy) is 1. The minimum absolute atomic E-state index is 0.0829. The number of rotatable bonds is 5. The van der Waals surface area contributed by atoms with E-state index in [0.717, 1.165) is 42.0 Å². The van der Waals surface area contributed by atoms with Gasteiger partial charge in [-0.05, 0) is 24.6 Å². The van der Waals surface area contributed by atoms with Crippen molar-refractivity contribution in [3.05, 3.63) is 28.2 Å². The van der Waals surface area contributed by atoms with E-state index in [-0.39, 0.29) is 12.7 Å². The van der Waals surface area contributed by atoms with Crippen molar-refractivity contribution < 1.29 is 9.13 Å². The average Bonchev–Trinajstić information content (AvgIpc) is 2.45. The van der Waals surface area contributed by atoms with E-state index in [1.165, 1.54) is 0 Å². The molecule has 1 aliphatic heterocycles. The summed E-state index contributed by atoms with van der Waals surface area (Å²) in [6.07, 6.45) is 0.507. The first kappa shape index (κ1) is 14.8. The number of hydrogen-bond acceptors (Lipinski definition) is 3. The number of halogens is 2. The van der Waals surface area contributed by atoms with Gasteiger partial charge in [-0.25, -0.2) is 0 Å². The van der Waals surface area contributed by atoms with E-state index in [9.17, 15) is 4.39 Å². The van der Waals surface area contributed by atoms with Gasteiger partial charge < -0.3 is 10.1 Å². The number of alkyl halides is 1. The molecule has 1 aromatic carbocycles. The minimum Gasteiger partial charge on any atom is -0.496 e. The zero-order valence-corrected chi connectivity index (χ0v) is 12.7. The lowest BCUT2D eigenvalue weighted by molar-refractivity contribution is 0.155. The fourth-order valence-corrected chi connectivity index (χ4v) is 2.98. The molecule has 0 saturated carbocycles. The van der Waals surface area contributed by atoms with Crippen molar-refractivity contribution in [1.82, 2.24) is 10.2 Å². The van der Waals surface area contributed by atoms with Crippen LogP contribution in [0.3, 0.4) is 0 Å². The molecule has 5 heteroatoms. The van der Waals surface area contributed by atoms with Crippen LogP contribution >= 0.6 is 15.9 Å². The Balaban J connectivity index is 2.28. The monoisotopic (exact) mass is 330 g/mol. The zero-order chi connectivity index (χ0) is 13.7. The maximum absolute atomic E-state index is 12.9. The highest BCUT2D eigenvalue weighted by Gasteiger charge is 2.24. The Morgan fingerprint density at radius 1 is 1.42 bits per heavy atom. The zero-order valence-electron chi connectivity index (χ0n) is 11.2. The molecule has 0 aromatic heterocycles. The second-order valence-corrected chi connectivity index (χ2v) is 5.58. The van der Waals surface area contributed by atoms with E-state index in [2.05, 4.69) is 26.1 Å². The smallest absolute Gasteiger partial charge is 0.123 e. The average molecular weight is 331 g/mol. The lowest BCUT2D eigenvalue weighted by Crippen LogP contribution is -2.45. The van der Waals surface area contributed by atoms with Gasteiger partial charge in [0.15, 0.2) is 0 Å². The SMILES string of the molecule is COc1ccc(Br)cc1[C@H](CCF)N1CCNCC1. The molecule has 19 heavy (non-hydrogen) atoms. The topological polar surface area (TPSA) is 24.5 Å². The summed E-state index contributed by atoms with van der Waals surface area (Å²) in [5.74, 6) is 0.834. The molecular formula is C14H20BrFN2O. The summed E-state index contributed by atoms with van der Waals surface area (Å²) in [6, 6.07) is 6.01. The van der Waals surface area contributed by atoms with Crippen molar-refractivity contribution in [3.63, 3.8) is 0 Å². The quantitative estimate of drug-likeness (QED) is 0.898. The summed E-state index contributed by atoms with van der Waals surface area (Å²) in [5.41, 5.74) is 1.07. The number of methoxy groups -OCH3 is 1. The van der Waals surface area contributed by atoms with E-state index in [0.29, 0.717) is 6.42 Å². The van der Waals surface area contributed by atoms with Crippen molar-refractivity contribution in [1.29, 1.82) is 0 Å². The Kier molecular flexibility index (Phi) is 5.60. The summed E-state index contributed by atoms with van der Waals surface area (Å²) < 4.78 is 19.4. The van der Waals surface area contributed by atoms with Gasteiger partial charge in [0, 0.05) is 42.3 Å². The first-order chi connectivity index (χ1) is 9.26. The number of nitrogens with one attached hydrogen (secondary N) is 1. The van der Waals surface area contributed by atoms with Crippen molar-refractivity contribution in [2.45, 2.75) is 12.5 Å². The Morgan fingerprint density at radius 3 is 2.79 bits per heavy atom. The van der Waals surface area contributed by atoms with Crippen LogP contribution in [0.25, 0.3) is 0 Å². The first-order valence-corrected chi connectivity index (χ1v) is 7.39. The van der Waals surface area contributed by atoms with Crippen molar-refractivity contribution in [3.8, 4) is 5.75 Å². The van der Waals surface area contributed by atoms with Crippen LogP contribution in [-0.4, -0.2) is 44.9 Å². The fraction of sp³-hybridized carbons (Fsp3) is 0.571. The molecule has 1 aliphatic rings. The van der Waals surface area contributed by atoms with Crippen LogP contribution in [0.4, 0.5) is 4.39 Å². The van der Waals surface area contributed by atoms with Crippen molar-refractivity contribution in [2.75, 3.05) is 40.0 Å². The first-order valence-electron chi connectivity index (χ1n) is 6.60. The fourth-order valence-electron chi connectivity index (χ4n) is 2.60. The third kappa shape index (κ3) is 3.68. The normalized spacial score (nSPS) is 18.3. The molecule has 2 rings (SSSR count). The van der Waals surface area contributed by atoms with Gasteiger partial charge in [0.2, 0.25) is 0 Å². The summed E-state index contributed by atoms with van der Waals surface area (Å²) in [6.45, 7) is 3.49. The molecule has 0 bridgehead atoms. The molecule has 1 aromatic rings. The number of benzene rings is 1. The van der Waals surface area contributed by atoms with Crippen LogP contribution in [0, 0.1) is 0 Å². The molecule has 0 amide bonds. The van der Waals surface area contributed by atoms with Gasteiger partial charge >= 0.3 is 0 Å². The van der Waals surface area contributed by atoms with Crippen LogP contribution in [-0.2, 0) is 0 Å². The standard InChI is InChI=1S/C14H20BrFN2O/c1-19-14-3-2-11(15)10-12(14)13(4-5-16)18-8-6-17-7-9-18/h2-3,10,13,17H,4-9H2,1H3/t13-/m0/s1. The Morgan fingerprint density at radius 2 is 2.16 bits per heavy atom. The molecule has 0 unspecified atom stereocenters. The summed E-state index contributed by atoms with van der Waals surface area (Å²) in [4.78, 5) is 2.33.